The van der Waals surface area contributed by atoms with E-state index in [2.05, 4.69) is 32.2 Å². The minimum atomic E-state index is -0.137. The minimum absolute atomic E-state index is 0.0147. The van der Waals surface area contributed by atoms with Crippen molar-refractivity contribution in [2.45, 2.75) is 32.0 Å². The van der Waals surface area contributed by atoms with Crippen LogP contribution in [0.1, 0.15) is 31.4 Å². The molecule has 3 nitrogen and oxygen atoms in total. The second kappa shape index (κ2) is 6.71. The van der Waals surface area contributed by atoms with E-state index in [9.17, 15) is 4.79 Å². The topological polar surface area (TPSA) is 29.5 Å². The molecule has 3 heteroatoms. The number of carbonyl (C=O) groups is 1. The molecule has 0 N–H and O–H groups in total. The van der Waals surface area contributed by atoms with Gasteiger partial charge in [-0.15, -0.1) is 13.2 Å². The van der Waals surface area contributed by atoms with Crippen LogP contribution in [0.15, 0.2) is 55.6 Å². The van der Waals surface area contributed by atoms with Gasteiger partial charge in [0.05, 0.1) is 12.6 Å². The lowest BCUT2D eigenvalue weighted by Gasteiger charge is -2.45. The molecule has 0 aliphatic carbocycles. The van der Waals surface area contributed by atoms with E-state index in [0.29, 0.717) is 18.9 Å². The first-order valence-corrected chi connectivity index (χ1v) is 8.45. The summed E-state index contributed by atoms with van der Waals surface area (Å²) >= 11 is 0. The molecule has 0 radical (unpaired) electrons. The van der Waals surface area contributed by atoms with Crippen molar-refractivity contribution < 1.29 is 9.53 Å². The van der Waals surface area contributed by atoms with Crippen LogP contribution in [0, 0.1) is 17.8 Å². The van der Waals surface area contributed by atoms with Crippen LogP contribution in [0.3, 0.4) is 0 Å². The van der Waals surface area contributed by atoms with Crippen molar-refractivity contribution in [2.24, 2.45) is 17.8 Å². The predicted octanol–water partition coefficient (Wildman–Crippen LogP) is 3.95. The molecule has 1 aromatic rings. The van der Waals surface area contributed by atoms with E-state index in [1.54, 1.807) is 0 Å². The lowest BCUT2D eigenvalue weighted by molar-refractivity contribution is -0.159. The van der Waals surface area contributed by atoms with Crippen molar-refractivity contribution >= 4 is 5.91 Å². The van der Waals surface area contributed by atoms with E-state index in [0.717, 1.165) is 12.0 Å². The Hall–Kier alpha value is -1.87. The average Bonchev–Trinajstić information content (AvgIpc) is 3.03. The number of rotatable bonds is 5. The minimum Gasteiger partial charge on any atom is -0.355 e. The summed E-state index contributed by atoms with van der Waals surface area (Å²) < 4.78 is 6.09. The van der Waals surface area contributed by atoms with Crippen molar-refractivity contribution in [1.82, 2.24) is 4.90 Å². The van der Waals surface area contributed by atoms with E-state index in [-0.39, 0.29) is 30.0 Å². The Morgan fingerprint density at radius 1 is 1.30 bits per heavy atom. The summed E-state index contributed by atoms with van der Waals surface area (Å²) in [4.78, 5) is 15.1. The van der Waals surface area contributed by atoms with Crippen molar-refractivity contribution in [3.63, 3.8) is 0 Å². The molecule has 2 aliphatic rings. The van der Waals surface area contributed by atoms with E-state index >= 15 is 0 Å². The molecule has 1 amide bonds. The quantitative estimate of drug-likeness (QED) is 0.771. The third kappa shape index (κ3) is 2.63. The van der Waals surface area contributed by atoms with Crippen LogP contribution in [0.2, 0.25) is 0 Å². The summed E-state index contributed by atoms with van der Waals surface area (Å²) in [5.41, 5.74) is 1.15. The summed E-state index contributed by atoms with van der Waals surface area (Å²) in [5, 5.41) is 0. The van der Waals surface area contributed by atoms with E-state index < -0.39 is 0 Å². The van der Waals surface area contributed by atoms with Crippen molar-refractivity contribution in [3.8, 4) is 0 Å². The lowest BCUT2D eigenvalue weighted by Crippen LogP contribution is -2.54. The van der Waals surface area contributed by atoms with Crippen LogP contribution < -0.4 is 0 Å². The van der Waals surface area contributed by atoms with Gasteiger partial charge in [-0.2, -0.15) is 0 Å². The fraction of sp³-hybridized carbons (Fsp3) is 0.450. The van der Waals surface area contributed by atoms with Gasteiger partial charge >= 0.3 is 0 Å². The van der Waals surface area contributed by atoms with Crippen LogP contribution >= 0.6 is 0 Å². The molecule has 0 aromatic heterocycles. The molecule has 2 fully saturated rings. The van der Waals surface area contributed by atoms with Gasteiger partial charge < -0.3 is 9.64 Å². The maximum atomic E-state index is 13.2. The molecule has 1 aromatic carbocycles. The Balaban J connectivity index is 1.97. The highest BCUT2D eigenvalue weighted by atomic mass is 16.5. The Labute approximate surface area is 138 Å². The first-order valence-electron chi connectivity index (χ1n) is 8.45. The molecule has 5 atom stereocenters. The fourth-order valence-corrected chi connectivity index (χ4v) is 4.16. The van der Waals surface area contributed by atoms with E-state index in [1.807, 2.05) is 35.3 Å². The third-order valence-electron chi connectivity index (χ3n) is 5.28. The highest BCUT2D eigenvalue weighted by Crippen LogP contribution is 2.46. The van der Waals surface area contributed by atoms with Gasteiger partial charge in [-0.3, -0.25) is 4.79 Å². The second-order valence-corrected chi connectivity index (χ2v) is 6.41. The maximum Gasteiger partial charge on any atom is 0.229 e. The molecule has 0 spiro atoms. The molecule has 2 aliphatic heterocycles. The number of allylic oxidation sites excluding steroid dienone is 2. The zero-order chi connectivity index (χ0) is 16.4. The van der Waals surface area contributed by atoms with E-state index in [1.165, 1.54) is 0 Å². The first-order chi connectivity index (χ1) is 11.2. The monoisotopic (exact) mass is 311 g/mol. The number of nitrogens with zero attached hydrogens (tertiary/aromatic N) is 1. The third-order valence-corrected chi connectivity index (χ3v) is 5.28. The molecule has 0 bridgehead atoms. The van der Waals surface area contributed by atoms with Crippen LogP contribution in [-0.2, 0) is 9.53 Å². The van der Waals surface area contributed by atoms with Gasteiger partial charge in [-0.1, -0.05) is 49.4 Å². The average molecular weight is 311 g/mol. The number of fused-ring (bicyclic) bond motifs is 1. The Kier molecular flexibility index (Phi) is 4.67. The highest BCUT2D eigenvalue weighted by Gasteiger charge is 2.52. The van der Waals surface area contributed by atoms with Gasteiger partial charge in [0.1, 0.15) is 6.23 Å². The number of benzene rings is 1. The molecule has 0 unspecified atom stereocenters. The lowest BCUT2D eigenvalue weighted by atomic mass is 9.73. The fourth-order valence-electron chi connectivity index (χ4n) is 4.16. The maximum absolute atomic E-state index is 13.2. The second-order valence-electron chi connectivity index (χ2n) is 6.41. The molecule has 122 valence electrons. The zero-order valence-corrected chi connectivity index (χ0v) is 13.7. The Bertz CT molecular complexity index is 583. The number of carbonyl (C=O) groups excluding carboxylic acids is 1. The van der Waals surface area contributed by atoms with Gasteiger partial charge in [-0.05, 0) is 24.3 Å². The molecule has 2 saturated heterocycles. The SMILES string of the molecule is C=CC[C@@H]1C(=O)N2[C@H](OC[C@H]2c2ccccc2)[C@@H](CC)[C@H]1C=C. The summed E-state index contributed by atoms with van der Waals surface area (Å²) in [7, 11) is 0. The highest BCUT2D eigenvalue weighted by molar-refractivity contribution is 5.81. The van der Waals surface area contributed by atoms with Gasteiger partial charge in [0, 0.05) is 11.8 Å². The Morgan fingerprint density at radius 2 is 2.04 bits per heavy atom. The van der Waals surface area contributed by atoms with Crippen molar-refractivity contribution in [1.29, 1.82) is 0 Å². The largest absolute Gasteiger partial charge is 0.355 e. The van der Waals surface area contributed by atoms with Crippen molar-refractivity contribution in [2.75, 3.05) is 6.61 Å². The summed E-state index contributed by atoms with van der Waals surface area (Å²) in [6, 6.07) is 10.2. The predicted molar refractivity (Wildman–Crippen MR) is 91.5 cm³/mol. The zero-order valence-electron chi connectivity index (χ0n) is 13.7. The molecule has 2 heterocycles. The number of piperidine rings is 1. The van der Waals surface area contributed by atoms with E-state index in [4.69, 9.17) is 4.74 Å². The standard InChI is InChI=1S/C20H25NO2/c1-4-10-17-15(5-2)16(6-3)20-21(19(17)22)18(13-23-20)14-11-8-7-9-12-14/h4-5,7-9,11-12,15-18,20H,1-2,6,10,13H2,3H3/t15-,16+,17+,18+,20-/m1/s1. The molecule has 3 rings (SSSR count). The summed E-state index contributed by atoms with van der Waals surface area (Å²) in [6.07, 6.45) is 5.32. The molecular weight excluding hydrogens is 286 g/mol. The van der Waals surface area contributed by atoms with Crippen LogP contribution in [-0.4, -0.2) is 23.6 Å². The van der Waals surface area contributed by atoms with Crippen molar-refractivity contribution in [3.05, 3.63) is 61.2 Å². The normalized spacial score (nSPS) is 33.3. The molecule has 0 saturated carbocycles. The van der Waals surface area contributed by atoms with Gasteiger partial charge in [-0.25, -0.2) is 0 Å². The number of hydrogen-bond acceptors (Lipinski definition) is 2. The number of ether oxygens (including phenoxy) is 1. The van der Waals surface area contributed by atoms with Crippen LogP contribution in [0.5, 0.6) is 0 Å². The van der Waals surface area contributed by atoms with Gasteiger partial charge in [0.15, 0.2) is 0 Å². The smallest absolute Gasteiger partial charge is 0.229 e. The van der Waals surface area contributed by atoms with Crippen LogP contribution in [0.25, 0.3) is 0 Å². The summed E-state index contributed by atoms with van der Waals surface area (Å²) in [5.74, 6) is 0.556. The molecule has 23 heavy (non-hydrogen) atoms. The Morgan fingerprint density at radius 3 is 2.65 bits per heavy atom. The van der Waals surface area contributed by atoms with Gasteiger partial charge in [0.25, 0.3) is 0 Å². The number of hydrogen-bond donors (Lipinski definition) is 0. The molecular formula is C20H25NO2. The summed E-state index contributed by atoms with van der Waals surface area (Å²) in [6.45, 7) is 10.6. The van der Waals surface area contributed by atoms with Crippen LogP contribution in [0.4, 0.5) is 0 Å². The number of amides is 1. The van der Waals surface area contributed by atoms with Gasteiger partial charge in [0.2, 0.25) is 5.91 Å². The first kappa shape index (κ1) is 16.0.